The molecule has 3 aromatic rings. The van der Waals surface area contributed by atoms with E-state index in [1.165, 1.54) is 24.9 Å². The number of nitrogens with one attached hydrogen (secondary N) is 2. The van der Waals surface area contributed by atoms with Gasteiger partial charge < -0.3 is 10.1 Å². The molecule has 2 N–H and O–H groups in total. The molecule has 1 saturated heterocycles. The maximum Gasteiger partial charge on any atom is 0.272 e. The molecule has 0 spiro atoms. The van der Waals surface area contributed by atoms with Gasteiger partial charge in [0.15, 0.2) is 0 Å². The Morgan fingerprint density at radius 1 is 1.06 bits per heavy atom. The lowest BCUT2D eigenvalue weighted by molar-refractivity contribution is 0.0372. The Bertz CT molecular complexity index is 1050. The summed E-state index contributed by atoms with van der Waals surface area (Å²) < 4.78 is 5.40. The zero-order valence-electron chi connectivity index (χ0n) is 18.0. The maximum absolute atomic E-state index is 12.1. The zero-order valence-corrected chi connectivity index (χ0v) is 18.8. The van der Waals surface area contributed by atoms with Crippen LogP contribution in [0.1, 0.15) is 24.8 Å². The van der Waals surface area contributed by atoms with E-state index < -0.39 is 0 Å². The van der Waals surface area contributed by atoms with Crippen LogP contribution in [0.5, 0.6) is 0 Å². The average Bonchev–Trinajstić information content (AvgIpc) is 2.78. The van der Waals surface area contributed by atoms with Crippen LogP contribution in [0.2, 0.25) is 0 Å². The Morgan fingerprint density at radius 2 is 1.84 bits per heavy atom. The lowest BCUT2D eigenvalue weighted by Crippen LogP contribution is -2.36. The van der Waals surface area contributed by atoms with Crippen molar-refractivity contribution in [3.63, 3.8) is 0 Å². The highest BCUT2D eigenvalue weighted by atomic mass is 35.5. The topological polar surface area (TPSA) is 70.2 Å². The zero-order chi connectivity index (χ0) is 20.8. The molecule has 1 aliphatic heterocycles. The van der Waals surface area contributed by atoms with Crippen molar-refractivity contribution in [2.75, 3.05) is 44.7 Å². The van der Waals surface area contributed by atoms with E-state index in [-0.39, 0.29) is 18.0 Å². The van der Waals surface area contributed by atoms with Gasteiger partial charge in [-0.25, -0.2) is 5.10 Å². The Morgan fingerprint density at radius 3 is 2.65 bits per heavy atom. The number of benzene rings is 2. The molecular formula is C24H31ClN4O2. The van der Waals surface area contributed by atoms with Crippen molar-refractivity contribution in [2.45, 2.75) is 26.2 Å². The van der Waals surface area contributed by atoms with Crippen molar-refractivity contribution >= 4 is 28.9 Å². The first-order valence-corrected chi connectivity index (χ1v) is 10.8. The van der Waals surface area contributed by atoms with Crippen LogP contribution in [0.3, 0.4) is 0 Å². The lowest BCUT2D eigenvalue weighted by atomic mass is 10.0. The third-order valence-corrected chi connectivity index (χ3v) is 5.78. The number of H-pyrrole nitrogens is 1. The van der Waals surface area contributed by atoms with Gasteiger partial charge in [-0.2, -0.15) is 5.10 Å². The van der Waals surface area contributed by atoms with E-state index in [2.05, 4.69) is 45.5 Å². The molecule has 6 nitrogen and oxygen atoms in total. The first-order valence-electron chi connectivity index (χ1n) is 10.8. The fraction of sp³-hybridized carbons (Fsp3) is 0.417. The number of halogens is 1. The number of rotatable bonds is 8. The number of nitrogens with zero attached hydrogens (tertiary/aromatic N) is 2. The number of hydrogen-bond donors (Lipinski definition) is 2. The molecule has 166 valence electrons. The Hall–Kier alpha value is -2.41. The second-order valence-corrected chi connectivity index (χ2v) is 7.92. The van der Waals surface area contributed by atoms with Gasteiger partial charge in [0.05, 0.1) is 24.3 Å². The van der Waals surface area contributed by atoms with Gasteiger partial charge in [0.25, 0.3) is 5.56 Å². The number of fused-ring (bicyclic) bond motifs is 1. The van der Waals surface area contributed by atoms with E-state index in [1.54, 1.807) is 0 Å². The predicted octanol–water partition coefficient (Wildman–Crippen LogP) is 4.23. The molecule has 0 radical (unpaired) electrons. The summed E-state index contributed by atoms with van der Waals surface area (Å²) in [6.07, 6.45) is 3.59. The molecule has 1 aromatic heterocycles. The fourth-order valence-electron chi connectivity index (χ4n) is 3.98. The van der Waals surface area contributed by atoms with Gasteiger partial charge in [-0.05, 0) is 44.0 Å². The van der Waals surface area contributed by atoms with E-state index in [0.29, 0.717) is 5.39 Å². The van der Waals surface area contributed by atoms with Gasteiger partial charge in [-0.3, -0.25) is 9.69 Å². The minimum atomic E-state index is -0.156. The average molecular weight is 443 g/mol. The summed E-state index contributed by atoms with van der Waals surface area (Å²) >= 11 is 0. The highest BCUT2D eigenvalue weighted by Gasteiger charge is 2.11. The smallest absolute Gasteiger partial charge is 0.272 e. The predicted molar refractivity (Wildman–Crippen MR) is 129 cm³/mol. The normalized spacial score (nSPS) is 14.4. The van der Waals surface area contributed by atoms with Gasteiger partial charge in [0, 0.05) is 36.3 Å². The number of ether oxygens (including phenoxy) is 1. The van der Waals surface area contributed by atoms with Crippen molar-refractivity contribution in [2.24, 2.45) is 0 Å². The second kappa shape index (κ2) is 11.3. The molecule has 1 fully saturated rings. The van der Waals surface area contributed by atoms with Crippen LogP contribution in [0.4, 0.5) is 5.69 Å². The Balaban J connectivity index is 0.00000272. The van der Waals surface area contributed by atoms with Crippen LogP contribution in [-0.4, -0.2) is 54.5 Å². The number of aromatic amines is 1. The molecule has 31 heavy (non-hydrogen) atoms. The summed E-state index contributed by atoms with van der Waals surface area (Å²) in [7, 11) is 0. The van der Waals surface area contributed by atoms with E-state index in [1.807, 2.05) is 24.3 Å². The van der Waals surface area contributed by atoms with Crippen LogP contribution >= 0.6 is 12.4 Å². The van der Waals surface area contributed by atoms with Crippen LogP contribution < -0.4 is 10.9 Å². The first-order chi connectivity index (χ1) is 14.7. The molecule has 0 atom stereocenters. The Labute approximate surface area is 189 Å². The number of anilines is 1. The van der Waals surface area contributed by atoms with Crippen LogP contribution in [0, 0.1) is 6.92 Å². The minimum absolute atomic E-state index is 0. The summed E-state index contributed by atoms with van der Waals surface area (Å²) in [6.45, 7) is 8.11. The summed E-state index contributed by atoms with van der Waals surface area (Å²) in [5.74, 6) is 0. The van der Waals surface area contributed by atoms with Gasteiger partial charge in [0.2, 0.25) is 0 Å². The molecular weight excluding hydrogens is 412 g/mol. The molecule has 1 aliphatic rings. The minimum Gasteiger partial charge on any atom is -0.385 e. The van der Waals surface area contributed by atoms with Crippen molar-refractivity contribution in [3.05, 3.63) is 58.4 Å². The molecule has 0 amide bonds. The van der Waals surface area contributed by atoms with Gasteiger partial charge in [-0.1, -0.05) is 36.8 Å². The van der Waals surface area contributed by atoms with Crippen molar-refractivity contribution in [1.82, 2.24) is 15.1 Å². The molecule has 2 aromatic carbocycles. The summed E-state index contributed by atoms with van der Waals surface area (Å²) in [5, 5.41) is 12.1. The third-order valence-electron chi connectivity index (χ3n) is 5.78. The molecule has 0 unspecified atom stereocenters. The van der Waals surface area contributed by atoms with E-state index in [0.717, 1.165) is 61.6 Å². The first kappa shape index (κ1) is 23.3. The van der Waals surface area contributed by atoms with E-state index in [9.17, 15) is 4.79 Å². The maximum atomic E-state index is 12.1. The second-order valence-electron chi connectivity index (χ2n) is 7.92. The van der Waals surface area contributed by atoms with Crippen LogP contribution in [-0.2, 0) is 4.74 Å². The number of hydrogen-bond acceptors (Lipinski definition) is 5. The monoisotopic (exact) mass is 442 g/mol. The fourth-order valence-corrected chi connectivity index (χ4v) is 3.98. The van der Waals surface area contributed by atoms with Gasteiger partial charge >= 0.3 is 0 Å². The number of unbranched alkanes of at least 4 members (excludes halogenated alkanes) is 2. The van der Waals surface area contributed by atoms with Gasteiger partial charge in [0.1, 0.15) is 0 Å². The SMILES string of the molecule is Cc1ccc(-c2n[nH]c(=O)c3ccccc23)cc1NCCCCCN1CCOCC1.Cl. The Kier molecular flexibility index (Phi) is 8.46. The standard InChI is InChI=1S/C24H30N4O2.ClH/c1-18-9-10-19(23-20-7-3-4-8-21(20)24(29)27-26-23)17-22(18)25-11-5-2-6-12-28-13-15-30-16-14-28;/h3-4,7-10,17,25H,2,5-6,11-16H2,1H3,(H,27,29);1H. The lowest BCUT2D eigenvalue weighted by Gasteiger charge is -2.26. The summed E-state index contributed by atoms with van der Waals surface area (Å²) in [5.41, 5.74) is 3.98. The van der Waals surface area contributed by atoms with Crippen molar-refractivity contribution in [1.29, 1.82) is 0 Å². The van der Waals surface area contributed by atoms with Crippen LogP contribution in [0.15, 0.2) is 47.3 Å². The van der Waals surface area contributed by atoms with Crippen LogP contribution in [0.25, 0.3) is 22.0 Å². The third kappa shape index (κ3) is 5.85. The molecule has 0 aliphatic carbocycles. The van der Waals surface area contributed by atoms with Crippen molar-refractivity contribution in [3.8, 4) is 11.3 Å². The highest BCUT2D eigenvalue weighted by molar-refractivity contribution is 5.94. The van der Waals surface area contributed by atoms with E-state index >= 15 is 0 Å². The molecule has 2 heterocycles. The summed E-state index contributed by atoms with van der Waals surface area (Å²) in [4.78, 5) is 14.6. The number of morpholine rings is 1. The number of aromatic nitrogens is 2. The molecule has 0 saturated carbocycles. The molecule has 4 rings (SSSR count). The molecule has 7 heteroatoms. The molecule has 0 bridgehead atoms. The van der Waals surface area contributed by atoms with Crippen molar-refractivity contribution < 1.29 is 4.74 Å². The quantitative estimate of drug-likeness (QED) is 0.511. The largest absolute Gasteiger partial charge is 0.385 e. The van der Waals surface area contributed by atoms with Gasteiger partial charge in [-0.15, -0.1) is 12.4 Å². The van der Waals surface area contributed by atoms with E-state index in [4.69, 9.17) is 4.74 Å². The summed E-state index contributed by atoms with van der Waals surface area (Å²) in [6, 6.07) is 13.9. The highest BCUT2D eigenvalue weighted by Crippen LogP contribution is 2.28. The number of aryl methyl sites for hydroxylation is 1.